The first kappa shape index (κ1) is 31.4. The number of carbonyl (C=O) groups excluding carboxylic acids is 1. The smallest absolute Gasteiger partial charge is 0.321 e. The molecule has 14 nitrogen and oxygen atoms in total. The fourth-order valence-corrected chi connectivity index (χ4v) is 1.93. The topological polar surface area (TPSA) is 295 Å². The number of primary amides is 1. The lowest BCUT2D eigenvalue weighted by Crippen LogP contribution is -2.34. The van der Waals surface area contributed by atoms with Gasteiger partial charge in [0.1, 0.15) is 18.1 Å². The molecule has 0 spiro atoms. The zero-order valence-corrected chi connectivity index (χ0v) is 18.0. The Morgan fingerprint density at radius 1 is 0.848 bits per heavy atom. The number of rotatable bonds is 11. The van der Waals surface area contributed by atoms with Crippen molar-refractivity contribution in [2.24, 2.45) is 28.7 Å². The van der Waals surface area contributed by atoms with Crippen LogP contribution < -0.4 is 34.0 Å². The van der Waals surface area contributed by atoms with E-state index in [0.717, 1.165) is 5.56 Å². The number of hydrogen-bond donors (Lipinski definition) is 10. The van der Waals surface area contributed by atoms with Crippen molar-refractivity contribution in [1.29, 1.82) is 5.41 Å². The number of hydrogen-bond acceptors (Lipinski definition) is 8. The van der Waals surface area contributed by atoms with Crippen LogP contribution in [-0.4, -0.2) is 69.8 Å². The van der Waals surface area contributed by atoms with Crippen LogP contribution in [0.1, 0.15) is 24.8 Å². The lowest BCUT2D eigenvalue weighted by molar-refractivity contribution is -0.140. The molecular formula is C19H33N7O7. The van der Waals surface area contributed by atoms with E-state index in [0.29, 0.717) is 25.8 Å². The van der Waals surface area contributed by atoms with Crippen molar-refractivity contribution in [3.05, 3.63) is 35.9 Å². The van der Waals surface area contributed by atoms with Crippen molar-refractivity contribution in [1.82, 2.24) is 5.32 Å². The molecule has 3 atom stereocenters. The zero-order chi connectivity index (χ0) is 26.0. The Morgan fingerprint density at radius 3 is 1.70 bits per heavy atom. The summed E-state index contributed by atoms with van der Waals surface area (Å²) in [5.74, 6) is -3.99. The second-order valence-corrected chi connectivity index (χ2v) is 6.68. The highest BCUT2D eigenvalue weighted by Gasteiger charge is 2.13. The number of amides is 1. The summed E-state index contributed by atoms with van der Waals surface area (Å²) < 4.78 is 0. The molecule has 0 aliphatic rings. The molecule has 14 heteroatoms. The van der Waals surface area contributed by atoms with Crippen LogP contribution in [-0.2, 0) is 25.6 Å². The Labute approximate surface area is 190 Å². The third-order valence-corrected chi connectivity index (χ3v) is 3.68. The number of nitrogens with two attached hydrogens (primary N) is 5. The summed E-state index contributed by atoms with van der Waals surface area (Å²) in [7, 11) is 0. The second kappa shape index (κ2) is 17.9. The van der Waals surface area contributed by atoms with Gasteiger partial charge in [-0.15, -0.1) is 0 Å². The maximum atomic E-state index is 10.4. The number of nitrogens with one attached hydrogen (secondary N) is 2. The Bertz CT molecular complexity index is 762. The number of benzene rings is 1. The van der Waals surface area contributed by atoms with Gasteiger partial charge in [-0.2, -0.15) is 0 Å². The van der Waals surface area contributed by atoms with E-state index in [-0.39, 0.29) is 12.4 Å². The van der Waals surface area contributed by atoms with Gasteiger partial charge >= 0.3 is 17.9 Å². The van der Waals surface area contributed by atoms with Crippen LogP contribution in [0.3, 0.4) is 0 Å². The number of guanidine groups is 1. The monoisotopic (exact) mass is 471 g/mol. The molecule has 15 N–H and O–H groups in total. The van der Waals surface area contributed by atoms with E-state index in [1.54, 1.807) is 0 Å². The van der Waals surface area contributed by atoms with E-state index < -0.39 is 41.9 Å². The standard InChI is InChI=1S/C9H11NO2.C6H14N4O2.C4H8N2O3/c10-8(9(11)12)6-7-4-2-1-3-5-7;7-4(5(11)12)2-1-3-10-6(8)9;5-2(4(8)9)1-3(6)7/h1-5,8H,6,10H2,(H,11,12);4H,1-3,7H2,(H,11,12)(H4,8,9,10);2H,1,5H2,(H2,6,7)(H,8,9). The van der Waals surface area contributed by atoms with Crippen LogP contribution in [0.4, 0.5) is 0 Å². The molecular weight excluding hydrogens is 438 g/mol. The van der Waals surface area contributed by atoms with Crippen LogP contribution in [0.5, 0.6) is 0 Å². The Kier molecular flexibility index (Phi) is 17.0. The van der Waals surface area contributed by atoms with Gasteiger partial charge in [0.15, 0.2) is 5.96 Å². The fourth-order valence-electron chi connectivity index (χ4n) is 1.93. The van der Waals surface area contributed by atoms with E-state index >= 15 is 0 Å². The van der Waals surface area contributed by atoms with Crippen molar-refractivity contribution in [3.63, 3.8) is 0 Å². The average molecular weight is 472 g/mol. The van der Waals surface area contributed by atoms with Gasteiger partial charge in [0.05, 0.1) is 6.42 Å². The molecule has 0 aliphatic carbocycles. The second-order valence-electron chi connectivity index (χ2n) is 6.68. The predicted molar refractivity (Wildman–Crippen MR) is 120 cm³/mol. The van der Waals surface area contributed by atoms with Gasteiger partial charge in [0, 0.05) is 6.54 Å². The maximum Gasteiger partial charge on any atom is 0.321 e. The molecule has 186 valence electrons. The van der Waals surface area contributed by atoms with E-state index in [1.165, 1.54) is 0 Å². The molecule has 1 amide bonds. The molecule has 0 aliphatic heterocycles. The minimum absolute atomic E-state index is 0.112. The van der Waals surface area contributed by atoms with Gasteiger partial charge < -0.3 is 49.3 Å². The summed E-state index contributed by atoms with van der Waals surface area (Å²) in [6, 6.07) is 6.56. The minimum atomic E-state index is -1.21. The average Bonchev–Trinajstić information content (AvgIpc) is 2.71. The highest BCUT2D eigenvalue weighted by molar-refractivity contribution is 5.83. The lowest BCUT2D eigenvalue weighted by Gasteiger charge is -2.06. The molecule has 0 aromatic heterocycles. The van der Waals surface area contributed by atoms with Crippen LogP contribution in [0.2, 0.25) is 0 Å². The van der Waals surface area contributed by atoms with E-state index in [1.807, 2.05) is 30.3 Å². The van der Waals surface area contributed by atoms with Gasteiger partial charge in [-0.3, -0.25) is 24.6 Å². The molecule has 1 aromatic carbocycles. The molecule has 3 unspecified atom stereocenters. The van der Waals surface area contributed by atoms with E-state index in [4.69, 9.17) is 43.7 Å². The Morgan fingerprint density at radius 2 is 1.33 bits per heavy atom. The Balaban J connectivity index is 0. The van der Waals surface area contributed by atoms with Gasteiger partial charge in [0.25, 0.3) is 0 Å². The number of aliphatic carboxylic acids is 3. The first-order valence-corrected chi connectivity index (χ1v) is 9.63. The molecule has 0 saturated carbocycles. The third-order valence-electron chi connectivity index (χ3n) is 3.68. The Hall–Kier alpha value is -3.75. The van der Waals surface area contributed by atoms with E-state index in [2.05, 4.69) is 11.1 Å². The van der Waals surface area contributed by atoms with E-state index in [9.17, 15) is 19.2 Å². The zero-order valence-electron chi connectivity index (χ0n) is 18.0. The number of carbonyl (C=O) groups is 4. The maximum absolute atomic E-state index is 10.4. The summed E-state index contributed by atoms with van der Waals surface area (Å²) in [6.07, 6.45) is 1.05. The van der Waals surface area contributed by atoms with Gasteiger partial charge in [0.2, 0.25) is 5.91 Å². The van der Waals surface area contributed by atoms with Crippen molar-refractivity contribution in [3.8, 4) is 0 Å². The molecule has 33 heavy (non-hydrogen) atoms. The number of carboxylic acid groups (broad SMARTS) is 3. The first-order valence-electron chi connectivity index (χ1n) is 9.63. The van der Waals surface area contributed by atoms with Crippen LogP contribution in [0.25, 0.3) is 0 Å². The van der Waals surface area contributed by atoms with Crippen molar-refractivity contribution >= 4 is 29.8 Å². The predicted octanol–water partition coefficient (Wildman–Crippen LogP) is -2.42. The summed E-state index contributed by atoms with van der Waals surface area (Å²) >= 11 is 0. The van der Waals surface area contributed by atoms with Crippen molar-refractivity contribution in [2.75, 3.05) is 6.54 Å². The fraction of sp³-hybridized carbons (Fsp3) is 0.421. The van der Waals surface area contributed by atoms with Crippen molar-refractivity contribution in [2.45, 2.75) is 43.8 Å². The quantitative estimate of drug-likeness (QED) is 0.0915. The molecule has 0 saturated heterocycles. The summed E-state index contributed by atoms with van der Waals surface area (Å²) in [6.45, 7) is 0.482. The SMILES string of the molecule is N=C(N)NCCCC(N)C(=O)O.NC(=O)CC(N)C(=O)O.NC(Cc1ccccc1)C(=O)O. The van der Waals surface area contributed by atoms with Gasteiger partial charge in [-0.25, -0.2) is 0 Å². The minimum Gasteiger partial charge on any atom is -0.480 e. The summed E-state index contributed by atoms with van der Waals surface area (Å²) in [5.41, 5.74) is 26.1. The highest BCUT2D eigenvalue weighted by atomic mass is 16.4. The lowest BCUT2D eigenvalue weighted by atomic mass is 10.1. The summed E-state index contributed by atoms with van der Waals surface area (Å²) in [4.78, 5) is 40.5. The normalized spacial score (nSPS) is 12.3. The van der Waals surface area contributed by atoms with Gasteiger partial charge in [-0.05, 0) is 24.8 Å². The molecule has 0 radical (unpaired) electrons. The van der Waals surface area contributed by atoms with Gasteiger partial charge in [-0.1, -0.05) is 30.3 Å². The summed E-state index contributed by atoms with van der Waals surface area (Å²) in [5, 5.41) is 34.3. The van der Waals surface area contributed by atoms with Crippen molar-refractivity contribution < 1.29 is 34.5 Å². The molecule has 0 fully saturated rings. The van der Waals surface area contributed by atoms with Crippen LogP contribution in [0, 0.1) is 5.41 Å². The van der Waals surface area contributed by atoms with Crippen LogP contribution in [0.15, 0.2) is 30.3 Å². The number of carboxylic acids is 3. The largest absolute Gasteiger partial charge is 0.480 e. The molecule has 0 bridgehead atoms. The highest BCUT2D eigenvalue weighted by Crippen LogP contribution is 2.01. The third kappa shape index (κ3) is 19.9. The first-order chi connectivity index (χ1) is 15.3. The molecule has 1 rings (SSSR count). The van der Waals surface area contributed by atoms with Crippen LogP contribution >= 0.6 is 0 Å². The molecule has 1 aromatic rings. The molecule has 0 heterocycles.